The lowest BCUT2D eigenvalue weighted by Crippen LogP contribution is -2.47. The average Bonchev–Trinajstić information content (AvgIpc) is 1.96. The summed E-state index contributed by atoms with van der Waals surface area (Å²) in [4.78, 5) is 0. The zero-order valence-corrected chi connectivity index (χ0v) is 6.84. The van der Waals surface area contributed by atoms with Crippen LogP contribution in [0, 0.1) is 0 Å². The van der Waals surface area contributed by atoms with Gasteiger partial charge in [-0.2, -0.15) is 0 Å². The molecule has 0 spiro atoms. The summed E-state index contributed by atoms with van der Waals surface area (Å²) in [6.45, 7) is 7.37. The first kappa shape index (κ1) is 8.28. The van der Waals surface area contributed by atoms with Crippen molar-refractivity contribution in [3.8, 4) is 0 Å². The molecule has 1 heteroatoms. The van der Waals surface area contributed by atoms with E-state index in [9.17, 15) is 0 Å². The zero-order valence-electron chi connectivity index (χ0n) is 6.84. The number of nitrogens with two attached hydrogens (primary N) is 1. The fourth-order valence-electron chi connectivity index (χ4n) is 1.41. The third-order valence-electron chi connectivity index (χ3n) is 2.34. The van der Waals surface area contributed by atoms with Crippen molar-refractivity contribution < 1.29 is 0 Å². The highest BCUT2D eigenvalue weighted by molar-refractivity contribution is 5.34. The number of allylic oxidation sites excluding steroid dienone is 2. The summed E-state index contributed by atoms with van der Waals surface area (Å²) in [7, 11) is 0. The van der Waals surface area contributed by atoms with Crippen LogP contribution >= 0.6 is 0 Å². The van der Waals surface area contributed by atoms with Gasteiger partial charge in [0.05, 0.1) is 0 Å². The molecule has 0 aromatic carbocycles. The van der Waals surface area contributed by atoms with Gasteiger partial charge in [0.25, 0.3) is 0 Å². The summed E-state index contributed by atoms with van der Waals surface area (Å²) < 4.78 is 0. The van der Waals surface area contributed by atoms with Crippen molar-refractivity contribution in [1.82, 2.24) is 0 Å². The Hall–Kier alpha value is -0.820. The van der Waals surface area contributed by atoms with Crippen molar-refractivity contribution in [2.45, 2.75) is 24.8 Å². The predicted molar refractivity (Wildman–Crippen MR) is 49.2 cm³/mol. The lowest BCUT2D eigenvalue weighted by atomic mass is 9.72. The maximum atomic E-state index is 6.06. The Morgan fingerprint density at radius 3 is 2.27 bits per heavy atom. The first-order valence-corrected chi connectivity index (χ1v) is 3.97. The molecule has 0 aliphatic heterocycles. The maximum absolute atomic E-state index is 6.06. The molecule has 1 aliphatic carbocycles. The van der Waals surface area contributed by atoms with E-state index in [1.54, 1.807) is 6.08 Å². The van der Waals surface area contributed by atoms with Crippen molar-refractivity contribution in [2.75, 3.05) is 0 Å². The van der Waals surface area contributed by atoms with E-state index in [1.807, 2.05) is 12.2 Å². The molecular weight excluding hydrogens is 134 g/mol. The molecule has 0 amide bonds. The Labute approximate surface area is 68.3 Å². The Balaban J connectivity index is 2.75. The van der Waals surface area contributed by atoms with Crippen LogP contribution in [-0.4, -0.2) is 5.54 Å². The quantitative estimate of drug-likeness (QED) is 0.611. The normalized spacial score (nSPS) is 22.1. The van der Waals surface area contributed by atoms with Crippen molar-refractivity contribution in [1.29, 1.82) is 0 Å². The largest absolute Gasteiger partial charge is 0.321 e. The first-order chi connectivity index (χ1) is 5.23. The second kappa shape index (κ2) is 3.05. The highest BCUT2D eigenvalue weighted by atomic mass is 14.8. The molecule has 0 aromatic heterocycles. The van der Waals surface area contributed by atoms with Crippen LogP contribution < -0.4 is 5.73 Å². The van der Waals surface area contributed by atoms with E-state index in [0.717, 1.165) is 18.4 Å². The Morgan fingerprint density at radius 2 is 2.00 bits per heavy atom. The van der Waals surface area contributed by atoms with E-state index < -0.39 is 0 Å². The molecule has 2 N–H and O–H groups in total. The molecular formula is C10H15N. The van der Waals surface area contributed by atoms with Crippen molar-refractivity contribution in [3.63, 3.8) is 0 Å². The SMILES string of the molecule is C=C/C=C(\C=C)C1(N)CCC1. The molecule has 0 bridgehead atoms. The molecule has 0 radical (unpaired) electrons. The van der Waals surface area contributed by atoms with Gasteiger partial charge in [-0.25, -0.2) is 0 Å². The van der Waals surface area contributed by atoms with E-state index in [1.165, 1.54) is 6.42 Å². The van der Waals surface area contributed by atoms with Gasteiger partial charge in [0.15, 0.2) is 0 Å². The molecule has 1 fully saturated rings. The van der Waals surface area contributed by atoms with Gasteiger partial charge in [0.2, 0.25) is 0 Å². The van der Waals surface area contributed by atoms with E-state index in [2.05, 4.69) is 13.2 Å². The van der Waals surface area contributed by atoms with Gasteiger partial charge in [-0.3, -0.25) is 0 Å². The predicted octanol–water partition coefficient (Wildman–Crippen LogP) is 2.17. The lowest BCUT2D eigenvalue weighted by molar-refractivity contribution is 0.304. The van der Waals surface area contributed by atoms with Gasteiger partial charge in [-0.1, -0.05) is 31.4 Å². The first-order valence-electron chi connectivity index (χ1n) is 3.97. The fraction of sp³-hybridized carbons (Fsp3) is 0.400. The number of hydrogen-bond acceptors (Lipinski definition) is 1. The molecule has 0 saturated heterocycles. The third kappa shape index (κ3) is 1.43. The molecule has 0 atom stereocenters. The van der Waals surface area contributed by atoms with Gasteiger partial charge < -0.3 is 5.73 Å². The van der Waals surface area contributed by atoms with Crippen LogP contribution in [-0.2, 0) is 0 Å². The Morgan fingerprint density at radius 1 is 1.36 bits per heavy atom. The molecule has 0 aromatic rings. The second-order valence-corrected chi connectivity index (χ2v) is 3.07. The Bertz CT molecular complexity index is 197. The van der Waals surface area contributed by atoms with Gasteiger partial charge in [-0.05, 0) is 24.8 Å². The smallest absolute Gasteiger partial charge is 0.0409 e. The van der Waals surface area contributed by atoms with Crippen LogP contribution in [0.4, 0.5) is 0 Å². The average molecular weight is 149 g/mol. The molecule has 0 unspecified atom stereocenters. The highest BCUT2D eigenvalue weighted by Crippen LogP contribution is 2.35. The molecule has 1 aliphatic rings. The van der Waals surface area contributed by atoms with Crippen molar-refractivity contribution >= 4 is 0 Å². The third-order valence-corrected chi connectivity index (χ3v) is 2.34. The summed E-state index contributed by atoms with van der Waals surface area (Å²) in [5.41, 5.74) is 7.09. The van der Waals surface area contributed by atoms with Gasteiger partial charge >= 0.3 is 0 Å². The van der Waals surface area contributed by atoms with Gasteiger partial charge in [0.1, 0.15) is 0 Å². The summed E-state index contributed by atoms with van der Waals surface area (Å²) in [6, 6.07) is 0. The van der Waals surface area contributed by atoms with E-state index >= 15 is 0 Å². The van der Waals surface area contributed by atoms with Crippen molar-refractivity contribution in [2.24, 2.45) is 5.73 Å². The minimum atomic E-state index is -0.0874. The maximum Gasteiger partial charge on any atom is 0.0409 e. The van der Waals surface area contributed by atoms with E-state index in [0.29, 0.717) is 0 Å². The molecule has 11 heavy (non-hydrogen) atoms. The minimum absolute atomic E-state index is 0.0874. The van der Waals surface area contributed by atoms with Crippen LogP contribution in [0.15, 0.2) is 37.0 Å². The summed E-state index contributed by atoms with van der Waals surface area (Å²) >= 11 is 0. The lowest BCUT2D eigenvalue weighted by Gasteiger charge is -2.39. The standard InChI is InChI=1S/C10H15N/c1-3-6-9(4-2)10(11)7-5-8-10/h3-4,6H,1-2,5,7-8,11H2/b9-6+. The summed E-state index contributed by atoms with van der Waals surface area (Å²) in [5, 5.41) is 0. The van der Waals surface area contributed by atoms with E-state index in [4.69, 9.17) is 5.73 Å². The Kier molecular flexibility index (Phi) is 2.30. The molecule has 1 rings (SSSR count). The van der Waals surface area contributed by atoms with Crippen LogP contribution in [0.5, 0.6) is 0 Å². The van der Waals surface area contributed by atoms with Crippen LogP contribution in [0.1, 0.15) is 19.3 Å². The zero-order chi connectivity index (χ0) is 8.32. The van der Waals surface area contributed by atoms with Crippen LogP contribution in [0.2, 0.25) is 0 Å². The second-order valence-electron chi connectivity index (χ2n) is 3.07. The van der Waals surface area contributed by atoms with E-state index in [-0.39, 0.29) is 5.54 Å². The van der Waals surface area contributed by atoms with Crippen LogP contribution in [0.3, 0.4) is 0 Å². The number of rotatable bonds is 3. The summed E-state index contributed by atoms with van der Waals surface area (Å²) in [6.07, 6.45) is 8.95. The monoisotopic (exact) mass is 149 g/mol. The van der Waals surface area contributed by atoms with Gasteiger partial charge in [-0.15, -0.1) is 0 Å². The highest BCUT2D eigenvalue weighted by Gasteiger charge is 2.34. The molecule has 1 nitrogen and oxygen atoms in total. The fourth-order valence-corrected chi connectivity index (χ4v) is 1.41. The summed E-state index contributed by atoms with van der Waals surface area (Å²) in [5.74, 6) is 0. The molecule has 60 valence electrons. The van der Waals surface area contributed by atoms with Crippen LogP contribution in [0.25, 0.3) is 0 Å². The topological polar surface area (TPSA) is 26.0 Å². The molecule has 0 heterocycles. The molecule has 1 saturated carbocycles. The number of hydrogen-bond donors (Lipinski definition) is 1. The minimum Gasteiger partial charge on any atom is -0.321 e. The van der Waals surface area contributed by atoms with Gasteiger partial charge in [0, 0.05) is 5.54 Å². The van der Waals surface area contributed by atoms with Crippen molar-refractivity contribution in [3.05, 3.63) is 37.0 Å².